The monoisotopic (exact) mass is 268 g/mol. The van der Waals surface area contributed by atoms with Crippen LogP contribution in [0, 0.1) is 5.92 Å². The molecule has 1 fully saturated rings. The van der Waals surface area contributed by atoms with E-state index in [9.17, 15) is 9.59 Å². The molecule has 1 amide bonds. The van der Waals surface area contributed by atoms with Crippen LogP contribution in [0.4, 0.5) is 5.69 Å². The van der Waals surface area contributed by atoms with E-state index in [2.05, 4.69) is 4.98 Å². The first-order valence-corrected chi connectivity index (χ1v) is 6.79. The number of aromatic amines is 1. The molecule has 102 valence electrons. The lowest BCUT2D eigenvalue weighted by Gasteiger charge is -2.22. The third-order valence-corrected chi connectivity index (χ3v) is 3.52. The predicted molar refractivity (Wildman–Crippen MR) is 77.0 cm³/mol. The molecule has 20 heavy (non-hydrogen) atoms. The fourth-order valence-corrected chi connectivity index (χ4v) is 2.22. The molecule has 3 rings (SSSR count). The Hall–Kier alpha value is -2.36. The zero-order valence-electron chi connectivity index (χ0n) is 11.1. The van der Waals surface area contributed by atoms with E-state index in [0.29, 0.717) is 23.6 Å². The van der Waals surface area contributed by atoms with E-state index in [1.54, 1.807) is 17.0 Å². The van der Waals surface area contributed by atoms with Gasteiger partial charge in [0.1, 0.15) is 5.69 Å². The van der Waals surface area contributed by atoms with E-state index >= 15 is 0 Å². The van der Waals surface area contributed by atoms with Crippen molar-refractivity contribution in [3.8, 4) is 0 Å². The van der Waals surface area contributed by atoms with Gasteiger partial charge in [-0.1, -0.05) is 18.2 Å². The third kappa shape index (κ3) is 2.64. The smallest absolute Gasteiger partial charge is 0.274 e. The minimum absolute atomic E-state index is 0.0869. The predicted octanol–water partition coefficient (Wildman–Crippen LogP) is 2.88. The fourth-order valence-electron chi connectivity index (χ4n) is 2.22. The second-order valence-corrected chi connectivity index (χ2v) is 5.14. The maximum Gasteiger partial charge on any atom is 0.274 e. The van der Waals surface area contributed by atoms with Gasteiger partial charge in [0.2, 0.25) is 0 Å². The van der Waals surface area contributed by atoms with Crippen LogP contribution in [0.15, 0.2) is 42.5 Å². The van der Waals surface area contributed by atoms with Gasteiger partial charge in [-0.05, 0) is 43.0 Å². The van der Waals surface area contributed by atoms with Crippen molar-refractivity contribution in [1.82, 2.24) is 4.98 Å². The van der Waals surface area contributed by atoms with E-state index < -0.39 is 0 Å². The molecule has 1 aromatic heterocycles. The van der Waals surface area contributed by atoms with Crippen LogP contribution in [0.2, 0.25) is 0 Å². The van der Waals surface area contributed by atoms with Crippen LogP contribution in [0.1, 0.15) is 33.8 Å². The van der Waals surface area contributed by atoms with E-state index in [4.69, 9.17) is 0 Å². The Morgan fingerprint density at radius 1 is 1.20 bits per heavy atom. The van der Waals surface area contributed by atoms with E-state index in [1.807, 2.05) is 30.3 Å². The molecule has 0 unspecified atom stereocenters. The van der Waals surface area contributed by atoms with Crippen molar-refractivity contribution >= 4 is 17.9 Å². The summed E-state index contributed by atoms with van der Waals surface area (Å²) in [4.78, 5) is 28.0. The van der Waals surface area contributed by atoms with Crippen molar-refractivity contribution in [2.75, 3.05) is 11.4 Å². The van der Waals surface area contributed by atoms with Crippen LogP contribution in [0.3, 0.4) is 0 Å². The summed E-state index contributed by atoms with van der Waals surface area (Å²) in [6.45, 7) is 0.734. The van der Waals surface area contributed by atoms with Crippen molar-refractivity contribution in [3.63, 3.8) is 0 Å². The molecular formula is C16H16N2O2. The first-order chi connectivity index (χ1) is 9.78. The molecule has 0 atom stereocenters. The van der Waals surface area contributed by atoms with E-state index in [-0.39, 0.29) is 5.91 Å². The molecule has 1 heterocycles. The summed E-state index contributed by atoms with van der Waals surface area (Å²) in [5, 5.41) is 0. The number of nitrogens with zero attached hydrogens (tertiary/aromatic N) is 1. The number of hydrogen-bond donors (Lipinski definition) is 1. The lowest BCUT2D eigenvalue weighted by molar-refractivity contribution is 0.0981. The number of para-hydroxylation sites is 1. The quantitative estimate of drug-likeness (QED) is 0.848. The average Bonchev–Trinajstić information content (AvgIpc) is 3.19. The third-order valence-electron chi connectivity index (χ3n) is 3.52. The second-order valence-electron chi connectivity index (χ2n) is 5.14. The van der Waals surface area contributed by atoms with Gasteiger partial charge in [-0.2, -0.15) is 0 Å². The van der Waals surface area contributed by atoms with E-state index in [1.165, 1.54) is 12.8 Å². The molecule has 4 nitrogen and oxygen atoms in total. The topological polar surface area (TPSA) is 53.2 Å². The number of carbonyl (C=O) groups is 2. The molecule has 1 aliphatic rings. The molecule has 0 aliphatic heterocycles. The SMILES string of the molecule is O=Cc1ccc(C(=O)N(CC2CC2)c2ccccc2)[nH]1. The number of hydrogen-bond acceptors (Lipinski definition) is 2. The maximum atomic E-state index is 12.6. The lowest BCUT2D eigenvalue weighted by Crippen LogP contribution is -2.33. The summed E-state index contributed by atoms with van der Waals surface area (Å²) in [6.07, 6.45) is 3.08. The van der Waals surface area contributed by atoms with Crippen LogP contribution in [0.25, 0.3) is 0 Å². The van der Waals surface area contributed by atoms with Crippen molar-refractivity contribution in [3.05, 3.63) is 53.9 Å². The highest BCUT2D eigenvalue weighted by atomic mass is 16.2. The summed E-state index contributed by atoms with van der Waals surface area (Å²) in [6, 6.07) is 12.9. The Bertz CT molecular complexity index is 614. The van der Waals surface area contributed by atoms with Crippen molar-refractivity contribution in [2.45, 2.75) is 12.8 Å². The molecule has 0 spiro atoms. The van der Waals surface area contributed by atoms with Crippen molar-refractivity contribution < 1.29 is 9.59 Å². The van der Waals surface area contributed by atoms with Crippen LogP contribution >= 0.6 is 0 Å². The number of H-pyrrole nitrogens is 1. The number of rotatable bonds is 5. The van der Waals surface area contributed by atoms with Crippen LogP contribution in [-0.4, -0.2) is 23.7 Å². The second kappa shape index (κ2) is 5.33. The van der Waals surface area contributed by atoms with Crippen LogP contribution < -0.4 is 4.90 Å². The van der Waals surface area contributed by atoms with Gasteiger partial charge in [-0.25, -0.2) is 0 Å². The van der Waals surface area contributed by atoms with Gasteiger partial charge in [0.15, 0.2) is 6.29 Å². The van der Waals surface area contributed by atoms with Gasteiger partial charge in [-0.3, -0.25) is 9.59 Å². The zero-order valence-corrected chi connectivity index (χ0v) is 11.1. The molecule has 1 aromatic carbocycles. The van der Waals surface area contributed by atoms with Gasteiger partial charge >= 0.3 is 0 Å². The van der Waals surface area contributed by atoms with Crippen LogP contribution in [0.5, 0.6) is 0 Å². The molecular weight excluding hydrogens is 252 g/mol. The number of benzene rings is 1. The minimum atomic E-state index is -0.0869. The lowest BCUT2D eigenvalue weighted by atomic mass is 10.2. The fraction of sp³-hybridized carbons (Fsp3) is 0.250. The number of nitrogens with one attached hydrogen (secondary N) is 1. The Morgan fingerprint density at radius 3 is 2.55 bits per heavy atom. The molecule has 1 aliphatic carbocycles. The number of anilines is 1. The van der Waals surface area contributed by atoms with Gasteiger partial charge in [0, 0.05) is 12.2 Å². The Morgan fingerprint density at radius 2 is 1.95 bits per heavy atom. The highest BCUT2D eigenvalue weighted by Crippen LogP contribution is 2.32. The molecule has 0 bridgehead atoms. The molecule has 1 saturated carbocycles. The first kappa shape index (κ1) is 12.7. The highest BCUT2D eigenvalue weighted by Gasteiger charge is 2.28. The molecule has 2 aromatic rings. The number of aldehydes is 1. The van der Waals surface area contributed by atoms with Crippen molar-refractivity contribution in [2.24, 2.45) is 5.92 Å². The van der Waals surface area contributed by atoms with Crippen molar-refractivity contribution in [1.29, 1.82) is 0 Å². The van der Waals surface area contributed by atoms with Gasteiger partial charge in [-0.15, -0.1) is 0 Å². The summed E-state index contributed by atoms with van der Waals surface area (Å²) in [7, 11) is 0. The summed E-state index contributed by atoms with van der Waals surface area (Å²) >= 11 is 0. The number of aromatic nitrogens is 1. The summed E-state index contributed by atoms with van der Waals surface area (Å²) in [5.74, 6) is 0.510. The van der Waals surface area contributed by atoms with Gasteiger partial charge < -0.3 is 9.88 Å². The largest absolute Gasteiger partial charge is 0.348 e. The van der Waals surface area contributed by atoms with E-state index in [0.717, 1.165) is 12.2 Å². The zero-order chi connectivity index (χ0) is 13.9. The average molecular weight is 268 g/mol. The number of carbonyl (C=O) groups excluding carboxylic acids is 2. The molecule has 0 saturated heterocycles. The first-order valence-electron chi connectivity index (χ1n) is 6.79. The Labute approximate surface area is 117 Å². The van der Waals surface area contributed by atoms with Crippen LogP contribution in [-0.2, 0) is 0 Å². The van der Waals surface area contributed by atoms with Gasteiger partial charge in [0.25, 0.3) is 5.91 Å². The molecule has 0 radical (unpaired) electrons. The highest BCUT2D eigenvalue weighted by molar-refractivity contribution is 6.05. The molecule has 4 heteroatoms. The maximum absolute atomic E-state index is 12.6. The standard InChI is InChI=1S/C16H16N2O2/c19-11-13-8-9-15(17-13)16(20)18(10-12-6-7-12)14-4-2-1-3-5-14/h1-5,8-9,11-12,17H,6-7,10H2. The van der Waals surface area contributed by atoms with Gasteiger partial charge in [0.05, 0.1) is 5.69 Å². The minimum Gasteiger partial charge on any atom is -0.348 e. The summed E-state index contributed by atoms with van der Waals surface area (Å²) in [5.41, 5.74) is 1.77. The Kier molecular flexibility index (Phi) is 3.37. The number of amides is 1. The molecule has 1 N–H and O–H groups in total. The normalized spacial score (nSPS) is 14.0. The summed E-state index contributed by atoms with van der Waals surface area (Å²) < 4.78 is 0. The Balaban J connectivity index is 1.87.